The molecule has 2 rings (SSSR count). The van der Waals surface area contributed by atoms with Crippen molar-refractivity contribution in [3.63, 3.8) is 0 Å². The van der Waals surface area contributed by atoms with Gasteiger partial charge < -0.3 is 15.5 Å². The van der Waals surface area contributed by atoms with E-state index in [-0.39, 0.29) is 24.5 Å². The average Bonchev–Trinajstić information content (AvgIpc) is 2.52. The number of amides is 3. The largest absolute Gasteiger partial charge is 0.329 e. The number of pyridine rings is 1. The van der Waals surface area contributed by atoms with Crippen molar-refractivity contribution in [2.45, 2.75) is 19.9 Å². The Morgan fingerprint density at radius 3 is 2.68 bits per heavy atom. The quantitative estimate of drug-likeness (QED) is 0.909. The molecular weight excluding hydrogens is 280 g/mol. The number of para-hydroxylation sites is 1. The Kier molecular flexibility index (Phi) is 4.93. The van der Waals surface area contributed by atoms with Crippen LogP contribution in [0.4, 0.5) is 10.5 Å². The number of hydrogen-bond acceptors (Lipinski definition) is 3. The maximum atomic E-state index is 12.0. The van der Waals surface area contributed by atoms with Gasteiger partial charge in [0.1, 0.15) is 0 Å². The van der Waals surface area contributed by atoms with Crippen LogP contribution >= 0.6 is 0 Å². The van der Waals surface area contributed by atoms with Crippen LogP contribution in [0, 0.1) is 0 Å². The van der Waals surface area contributed by atoms with Crippen molar-refractivity contribution in [1.82, 2.24) is 15.2 Å². The van der Waals surface area contributed by atoms with Gasteiger partial charge in [-0.25, -0.2) is 4.79 Å². The molecular formula is C16H20N4O2. The van der Waals surface area contributed by atoms with Crippen LogP contribution in [-0.4, -0.2) is 41.5 Å². The molecule has 2 aromatic rings. The summed E-state index contributed by atoms with van der Waals surface area (Å²) >= 11 is 0. The first-order chi connectivity index (χ1) is 10.5. The van der Waals surface area contributed by atoms with E-state index < -0.39 is 0 Å². The minimum atomic E-state index is -0.288. The van der Waals surface area contributed by atoms with Gasteiger partial charge in [0.15, 0.2) is 0 Å². The van der Waals surface area contributed by atoms with Crippen molar-refractivity contribution in [1.29, 1.82) is 0 Å². The molecule has 22 heavy (non-hydrogen) atoms. The summed E-state index contributed by atoms with van der Waals surface area (Å²) in [4.78, 5) is 29.6. The van der Waals surface area contributed by atoms with E-state index in [9.17, 15) is 9.59 Å². The average molecular weight is 300 g/mol. The summed E-state index contributed by atoms with van der Waals surface area (Å²) in [7, 11) is 1.69. The second-order valence-electron chi connectivity index (χ2n) is 5.29. The Morgan fingerprint density at radius 2 is 1.95 bits per heavy atom. The number of fused-ring (bicyclic) bond motifs is 1. The molecule has 0 spiro atoms. The topological polar surface area (TPSA) is 74.3 Å². The molecule has 116 valence electrons. The first kappa shape index (κ1) is 15.8. The number of aromatic nitrogens is 1. The zero-order valence-corrected chi connectivity index (χ0v) is 13.0. The van der Waals surface area contributed by atoms with Crippen LogP contribution in [0.5, 0.6) is 0 Å². The molecule has 0 bridgehead atoms. The summed E-state index contributed by atoms with van der Waals surface area (Å²) in [6, 6.07) is 9.14. The Labute approximate surface area is 129 Å². The molecule has 1 heterocycles. The van der Waals surface area contributed by atoms with Gasteiger partial charge in [0.05, 0.1) is 17.7 Å². The highest BCUT2D eigenvalue weighted by atomic mass is 16.2. The molecule has 0 saturated heterocycles. The molecule has 2 N–H and O–H groups in total. The van der Waals surface area contributed by atoms with Gasteiger partial charge in [-0.1, -0.05) is 18.2 Å². The lowest BCUT2D eigenvalue weighted by atomic mass is 10.2. The highest BCUT2D eigenvalue weighted by Gasteiger charge is 2.13. The van der Waals surface area contributed by atoms with Crippen LogP contribution < -0.4 is 10.6 Å². The number of urea groups is 1. The van der Waals surface area contributed by atoms with E-state index in [4.69, 9.17) is 0 Å². The first-order valence-electron chi connectivity index (χ1n) is 7.13. The number of anilines is 1. The van der Waals surface area contributed by atoms with Gasteiger partial charge >= 0.3 is 6.03 Å². The number of rotatable bonds is 4. The lowest BCUT2D eigenvalue weighted by Gasteiger charge is -2.21. The summed E-state index contributed by atoms with van der Waals surface area (Å²) in [5, 5.41) is 6.31. The predicted octanol–water partition coefficient (Wildman–Crippen LogP) is 2.22. The van der Waals surface area contributed by atoms with Crippen molar-refractivity contribution in [3.05, 3.63) is 36.5 Å². The maximum absolute atomic E-state index is 12.0. The summed E-state index contributed by atoms with van der Waals surface area (Å²) in [6.45, 7) is 3.72. The van der Waals surface area contributed by atoms with Gasteiger partial charge in [0.25, 0.3) is 0 Å². The zero-order valence-electron chi connectivity index (χ0n) is 13.0. The lowest BCUT2D eigenvalue weighted by Crippen LogP contribution is -2.43. The third kappa shape index (κ3) is 3.72. The van der Waals surface area contributed by atoms with E-state index in [0.717, 1.165) is 10.9 Å². The van der Waals surface area contributed by atoms with E-state index in [1.54, 1.807) is 19.3 Å². The van der Waals surface area contributed by atoms with E-state index in [1.165, 1.54) is 4.90 Å². The maximum Gasteiger partial charge on any atom is 0.317 e. The van der Waals surface area contributed by atoms with Gasteiger partial charge in [-0.2, -0.15) is 0 Å². The van der Waals surface area contributed by atoms with Crippen molar-refractivity contribution in [2.75, 3.05) is 18.9 Å². The summed E-state index contributed by atoms with van der Waals surface area (Å²) in [5.41, 5.74) is 1.36. The first-order valence-corrected chi connectivity index (χ1v) is 7.13. The molecule has 3 amide bonds. The molecule has 0 unspecified atom stereocenters. The molecule has 1 aromatic carbocycles. The molecule has 0 saturated carbocycles. The second-order valence-corrected chi connectivity index (χ2v) is 5.29. The van der Waals surface area contributed by atoms with Gasteiger partial charge in [-0.05, 0) is 26.0 Å². The van der Waals surface area contributed by atoms with Gasteiger partial charge in [-0.3, -0.25) is 9.78 Å². The highest BCUT2D eigenvalue weighted by Crippen LogP contribution is 2.20. The summed E-state index contributed by atoms with van der Waals surface area (Å²) < 4.78 is 0. The van der Waals surface area contributed by atoms with Crippen molar-refractivity contribution >= 4 is 28.5 Å². The molecule has 0 fully saturated rings. The molecule has 0 aliphatic rings. The van der Waals surface area contributed by atoms with E-state index in [1.807, 2.05) is 38.1 Å². The Morgan fingerprint density at radius 1 is 1.23 bits per heavy atom. The fourth-order valence-electron chi connectivity index (χ4n) is 1.91. The van der Waals surface area contributed by atoms with Gasteiger partial charge in [-0.15, -0.1) is 0 Å². The van der Waals surface area contributed by atoms with Crippen LogP contribution in [0.1, 0.15) is 13.8 Å². The van der Waals surface area contributed by atoms with Crippen molar-refractivity contribution < 1.29 is 9.59 Å². The molecule has 0 atom stereocenters. The summed E-state index contributed by atoms with van der Waals surface area (Å²) in [6.07, 6.45) is 1.68. The summed E-state index contributed by atoms with van der Waals surface area (Å²) in [5.74, 6) is -0.288. The molecule has 1 aromatic heterocycles. The third-order valence-electron chi connectivity index (χ3n) is 3.40. The van der Waals surface area contributed by atoms with Crippen LogP contribution in [0.25, 0.3) is 10.9 Å². The van der Waals surface area contributed by atoms with Gasteiger partial charge in [0.2, 0.25) is 5.91 Å². The second kappa shape index (κ2) is 6.89. The number of carbonyl (C=O) groups excluding carboxylic acids is 2. The Balaban J connectivity index is 1.98. The lowest BCUT2D eigenvalue weighted by molar-refractivity contribution is -0.115. The highest BCUT2D eigenvalue weighted by molar-refractivity contribution is 6.01. The number of hydrogen-bond donors (Lipinski definition) is 2. The number of nitrogens with one attached hydrogen (secondary N) is 2. The predicted molar refractivity (Wildman–Crippen MR) is 86.7 cm³/mol. The number of carbonyl (C=O) groups is 2. The SMILES string of the molecule is CC(C)N(C)C(=O)NCC(=O)Nc1cccc2cccnc12. The van der Waals surface area contributed by atoms with E-state index in [2.05, 4.69) is 15.6 Å². The smallest absolute Gasteiger partial charge is 0.317 e. The minimum absolute atomic E-state index is 0.0744. The van der Waals surface area contributed by atoms with Crippen LogP contribution in [0.15, 0.2) is 36.5 Å². The van der Waals surface area contributed by atoms with E-state index >= 15 is 0 Å². The zero-order chi connectivity index (χ0) is 16.1. The van der Waals surface area contributed by atoms with Crippen LogP contribution in [0.2, 0.25) is 0 Å². The fourth-order valence-corrected chi connectivity index (χ4v) is 1.91. The minimum Gasteiger partial charge on any atom is -0.329 e. The molecule has 0 aliphatic heterocycles. The van der Waals surface area contributed by atoms with Crippen LogP contribution in [-0.2, 0) is 4.79 Å². The Hall–Kier alpha value is -2.63. The van der Waals surface area contributed by atoms with Crippen LogP contribution in [0.3, 0.4) is 0 Å². The Bertz CT molecular complexity index is 679. The van der Waals surface area contributed by atoms with Crippen molar-refractivity contribution in [3.8, 4) is 0 Å². The van der Waals surface area contributed by atoms with Crippen molar-refractivity contribution in [2.24, 2.45) is 0 Å². The number of nitrogens with zero attached hydrogens (tertiary/aromatic N) is 2. The van der Waals surface area contributed by atoms with E-state index in [0.29, 0.717) is 5.69 Å². The normalized spacial score (nSPS) is 10.5. The molecule has 0 radical (unpaired) electrons. The third-order valence-corrected chi connectivity index (χ3v) is 3.40. The van der Waals surface area contributed by atoms with Gasteiger partial charge in [0, 0.05) is 24.7 Å². The molecule has 6 heteroatoms. The molecule has 0 aliphatic carbocycles. The standard InChI is InChI=1S/C16H20N4O2/c1-11(2)20(3)16(22)18-10-14(21)19-13-8-4-6-12-7-5-9-17-15(12)13/h4-9,11H,10H2,1-3H3,(H,18,22)(H,19,21). The fraction of sp³-hybridized carbons (Fsp3) is 0.312. The molecule has 6 nitrogen and oxygen atoms in total. The number of benzene rings is 1. The monoisotopic (exact) mass is 300 g/mol.